The minimum Gasteiger partial charge on any atom is -0.491 e. The van der Waals surface area contributed by atoms with E-state index >= 15 is 0 Å². The molecule has 2 aliphatic heterocycles. The fourth-order valence-corrected chi connectivity index (χ4v) is 4.68. The predicted octanol–water partition coefficient (Wildman–Crippen LogP) is 2.08. The zero-order chi connectivity index (χ0) is 24.8. The standard InChI is InChI=1S/C25H35N3O6/c1-16-21(32-5)14-28(3)25(30)19-8-6-7-17(13-26)23(19)33-12-11-18-9-10-20(31-4)22(34-18)15-27(2)24(16)29/h6-8,16,18,20-22H,9-12,14-15H2,1-5H3/t16-,18+,20+,21-,22+/m1/s1. The zero-order valence-electron chi connectivity index (χ0n) is 20.7. The number of ether oxygens (including phenoxy) is 4. The molecule has 1 fully saturated rings. The molecule has 9 nitrogen and oxygen atoms in total. The van der Waals surface area contributed by atoms with Crippen LogP contribution in [0.4, 0.5) is 0 Å². The van der Waals surface area contributed by atoms with Crippen molar-refractivity contribution in [1.29, 1.82) is 5.26 Å². The minimum absolute atomic E-state index is 0.0759. The van der Waals surface area contributed by atoms with Crippen molar-refractivity contribution in [2.24, 2.45) is 5.92 Å². The summed E-state index contributed by atoms with van der Waals surface area (Å²) < 4.78 is 23.6. The van der Waals surface area contributed by atoms with Crippen LogP contribution in [0.5, 0.6) is 5.75 Å². The Morgan fingerprint density at radius 1 is 1.03 bits per heavy atom. The fourth-order valence-electron chi connectivity index (χ4n) is 4.68. The lowest BCUT2D eigenvalue weighted by atomic mass is 9.97. The molecule has 0 aromatic heterocycles. The van der Waals surface area contributed by atoms with Crippen molar-refractivity contribution in [2.45, 2.75) is 50.6 Å². The second-order valence-corrected chi connectivity index (χ2v) is 9.05. The lowest BCUT2D eigenvalue weighted by Crippen LogP contribution is -2.50. The van der Waals surface area contributed by atoms with Gasteiger partial charge in [-0.1, -0.05) is 13.0 Å². The van der Waals surface area contributed by atoms with Crippen LogP contribution in [-0.2, 0) is 19.0 Å². The van der Waals surface area contributed by atoms with Crippen LogP contribution < -0.4 is 4.74 Å². The molecule has 2 amide bonds. The van der Waals surface area contributed by atoms with Crippen LogP contribution in [0.3, 0.4) is 0 Å². The van der Waals surface area contributed by atoms with Crippen molar-refractivity contribution in [3.8, 4) is 11.8 Å². The van der Waals surface area contributed by atoms with Crippen LogP contribution in [0, 0.1) is 17.2 Å². The van der Waals surface area contributed by atoms with Crippen molar-refractivity contribution in [2.75, 3.05) is 48.0 Å². The minimum atomic E-state index is -0.515. The van der Waals surface area contributed by atoms with Gasteiger partial charge in [-0.2, -0.15) is 5.26 Å². The van der Waals surface area contributed by atoms with Crippen LogP contribution in [-0.4, -0.2) is 94.0 Å². The summed E-state index contributed by atoms with van der Waals surface area (Å²) in [5.74, 6) is -0.601. The van der Waals surface area contributed by atoms with Crippen LogP contribution in [0.15, 0.2) is 18.2 Å². The van der Waals surface area contributed by atoms with E-state index in [1.54, 1.807) is 51.2 Å². The number of fused-ring (bicyclic) bond motifs is 3. The molecule has 2 bridgehead atoms. The van der Waals surface area contributed by atoms with Crippen LogP contribution in [0.25, 0.3) is 0 Å². The number of amides is 2. The Morgan fingerprint density at radius 2 is 1.76 bits per heavy atom. The van der Waals surface area contributed by atoms with E-state index in [1.165, 1.54) is 12.0 Å². The highest BCUT2D eigenvalue weighted by Crippen LogP contribution is 2.28. The molecule has 3 rings (SSSR count). The highest BCUT2D eigenvalue weighted by Gasteiger charge is 2.36. The topological polar surface area (TPSA) is 101 Å². The molecule has 186 valence electrons. The molecule has 2 aliphatic rings. The van der Waals surface area contributed by atoms with Crippen LogP contribution in [0.1, 0.15) is 42.1 Å². The highest BCUT2D eigenvalue weighted by molar-refractivity contribution is 5.97. The largest absolute Gasteiger partial charge is 0.491 e. The maximum absolute atomic E-state index is 13.3. The first-order valence-corrected chi connectivity index (χ1v) is 11.7. The molecule has 9 heteroatoms. The number of carbonyl (C=O) groups excluding carboxylic acids is 2. The van der Waals surface area contributed by atoms with Gasteiger partial charge >= 0.3 is 0 Å². The monoisotopic (exact) mass is 473 g/mol. The predicted molar refractivity (Wildman–Crippen MR) is 125 cm³/mol. The van der Waals surface area contributed by atoms with Gasteiger partial charge in [0.25, 0.3) is 5.91 Å². The summed E-state index contributed by atoms with van der Waals surface area (Å²) >= 11 is 0. The molecule has 0 saturated carbocycles. The first kappa shape index (κ1) is 25.9. The number of methoxy groups -OCH3 is 2. The summed E-state index contributed by atoms with van der Waals surface area (Å²) in [7, 11) is 6.61. The molecule has 1 saturated heterocycles. The van der Waals surface area contributed by atoms with E-state index in [9.17, 15) is 14.9 Å². The number of likely N-dealkylation sites (N-methyl/N-ethyl adjacent to an activating group) is 2. The Hall–Kier alpha value is -2.67. The molecule has 2 heterocycles. The van der Waals surface area contributed by atoms with E-state index < -0.39 is 12.0 Å². The van der Waals surface area contributed by atoms with Gasteiger partial charge in [-0.15, -0.1) is 0 Å². The van der Waals surface area contributed by atoms with E-state index in [0.29, 0.717) is 30.7 Å². The third kappa shape index (κ3) is 5.69. The molecule has 0 aliphatic carbocycles. The number of nitrogens with zero attached hydrogens (tertiary/aromatic N) is 3. The van der Waals surface area contributed by atoms with Gasteiger partial charge in [-0.05, 0) is 25.0 Å². The summed E-state index contributed by atoms with van der Waals surface area (Å²) in [6, 6.07) is 7.07. The fraction of sp³-hybridized carbons (Fsp3) is 0.640. The first-order chi connectivity index (χ1) is 16.3. The molecule has 0 N–H and O–H groups in total. The second-order valence-electron chi connectivity index (χ2n) is 9.05. The van der Waals surface area contributed by atoms with Gasteiger partial charge in [0, 0.05) is 47.8 Å². The van der Waals surface area contributed by atoms with Gasteiger partial charge < -0.3 is 28.7 Å². The molecule has 1 aromatic rings. The summed E-state index contributed by atoms with van der Waals surface area (Å²) in [5, 5.41) is 9.60. The Morgan fingerprint density at radius 3 is 2.44 bits per heavy atom. The van der Waals surface area contributed by atoms with Crippen molar-refractivity contribution in [1.82, 2.24) is 9.80 Å². The SMILES string of the molecule is CO[C@H]1CC[C@H]2CCOc3c(C#N)cccc3C(=O)N(C)C[C@@H](OC)[C@@H](C)C(=O)N(C)C[C@@H]1O2. The van der Waals surface area contributed by atoms with Gasteiger partial charge in [0.1, 0.15) is 17.9 Å². The van der Waals surface area contributed by atoms with E-state index in [1.807, 2.05) is 0 Å². The number of hydrogen-bond acceptors (Lipinski definition) is 7. The Bertz CT molecular complexity index is 916. The number of hydrogen-bond donors (Lipinski definition) is 0. The van der Waals surface area contributed by atoms with Crippen molar-refractivity contribution < 1.29 is 28.5 Å². The van der Waals surface area contributed by atoms with Gasteiger partial charge in [0.2, 0.25) is 5.91 Å². The Labute approximate surface area is 201 Å². The smallest absolute Gasteiger partial charge is 0.257 e. The third-order valence-corrected chi connectivity index (χ3v) is 6.79. The van der Waals surface area contributed by atoms with Gasteiger partial charge in [-0.25, -0.2) is 0 Å². The summed E-state index contributed by atoms with van der Waals surface area (Å²) in [4.78, 5) is 29.7. The normalized spacial score (nSPS) is 29.2. The Balaban J connectivity index is 1.95. The number of nitriles is 1. The van der Waals surface area contributed by atoms with Gasteiger partial charge in [0.15, 0.2) is 0 Å². The Kier molecular flexibility index (Phi) is 8.89. The number of para-hydroxylation sites is 1. The molecule has 0 radical (unpaired) electrons. The van der Waals surface area contributed by atoms with E-state index in [2.05, 4.69) is 6.07 Å². The van der Waals surface area contributed by atoms with E-state index in [0.717, 1.165) is 12.8 Å². The van der Waals surface area contributed by atoms with Crippen molar-refractivity contribution in [3.63, 3.8) is 0 Å². The van der Waals surface area contributed by atoms with Gasteiger partial charge in [-0.3, -0.25) is 9.59 Å². The van der Waals surface area contributed by atoms with Gasteiger partial charge in [0.05, 0.1) is 42.0 Å². The molecule has 0 spiro atoms. The maximum Gasteiger partial charge on any atom is 0.257 e. The summed E-state index contributed by atoms with van der Waals surface area (Å²) in [6.07, 6.45) is 1.25. The number of benzene rings is 1. The molecule has 0 unspecified atom stereocenters. The van der Waals surface area contributed by atoms with Crippen LogP contribution >= 0.6 is 0 Å². The lowest BCUT2D eigenvalue weighted by molar-refractivity contribution is -0.154. The highest BCUT2D eigenvalue weighted by atomic mass is 16.5. The van der Waals surface area contributed by atoms with Crippen LogP contribution in [0.2, 0.25) is 0 Å². The third-order valence-electron chi connectivity index (χ3n) is 6.79. The maximum atomic E-state index is 13.3. The molecule has 1 aromatic carbocycles. The number of rotatable bonds is 2. The molecule has 5 atom stereocenters. The van der Waals surface area contributed by atoms with Crippen molar-refractivity contribution >= 4 is 11.8 Å². The van der Waals surface area contributed by atoms with Crippen molar-refractivity contribution in [3.05, 3.63) is 29.3 Å². The average molecular weight is 474 g/mol. The van der Waals surface area contributed by atoms with E-state index in [4.69, 9.17) is 18.9 Å². The molecule has 34 heavy (non-hydrogen) atoms. The quantitative estimate of drug-likeness (QED) is 0.648. The lowest BCUT2D eigenvalue weighted by Gasteiger charge is -2.38. The second kappa shape index (κ2) is 11.6. The summed E-state index contributed by atoms with van der Waals surface area (Å²) in [5.41, 5.74) is 0.609. The average Bonchev–Trinajstić information content (AvgIpc) is 2.85. The number of carbonyl (C=O) groups is 2. The van der Waals surface area contributed by atoms with E-state index in [-0.39, 0.29) is 42.4 Å². The first-order valence-electron chi connectivity index (χ1n) is 11.7. The molecular formula is C25H35N3O6. The summed E-state index contributed by atoms with van der Waals surface area (Å²) in [6.45, 7) is 2.70. The zero-order valence-corrected chi connectivity index (χ0v) is 20.7. The molecular weight excluding hydrogens is 438 g/mol.